The molecule has 1 amide bonds. The minimum absolute atomic E-state index is 0.0272. The molecule has 1 rings (SSSR count). The minimum Gasteiger partial charge on any atom is -0.396 e. The fourth-order valence-electron chi connectivity index (χ4n) is 2.23. The Morgan fingerprint density at radius 1 is 1.56 bits per heavy atom. The average molecular weight is 258 g/mol. The number of carbonyl (C=O) groups excluding carboxylic acids is 1. The fourth-order valence-corrected chi connectivity index (χ4v) is 2.23. The molecule has 1 fully saturated rings. The number of rotatable bonds is 7. The molecule has 0 bridgehead atoms. The van der Waals surface area contributed by atoms with Crippen LogP contribution in [0.1, 0.15) is 26.2 Å². The predicted octanol–water partition coefficient (Wildman–Crippen LogP) is 0.232. The topological polar surface area (TPSA) is 61.8 Å². The van der Waals surface area contributed by atoms with Crippen LogP contribution in [0.5, 0.6) is 0 Å². The number of likely N-dealkylation sites (N-methyl/N-ethyl adjacent to an activating group) is 1. The van der Waals surface area contributed by atoms with Gasteiger partial charge in [0.25, 0.3) is 0 Å². The van der Waals surface area contributed by atoms with Crippen molar-refractivity contribution in [2.75, 3.05) is 39.9 Å². The SMILES string of the molecule is CCCC(CCO)CNC(=O)C1CN(C)CCO1. The highest BCUT2D eigenvalue weighted by Gasteiger charge is 2.24. The van der Waals surface area contributed by atoms with Crippen molar-refractivity contribution < 1.29 is 14.6 Å². The van der Waals surface area contributed by atoms with Crippen molar-refractivity contribution in [2.24, 2.45) is 5.92 Å². The van der Waals surface area contributed by atoms with Crippen LogP contribution in [0, 0.1) is 5.92 Å². The molecule has 1 saturated heterocycles. The van der Waals surface area contributed by atoms with E-state index in [2.05, 4.69) is 17.1 Å². The summed E-state index contributed by atoms with van der Waals surface area (Å²) < 4.78 is 5.46. The van der Waals surface area contributed by atoms with Gasteiger partial charge in [-0.05, 0) is 25.8 Å². The maximum absolute atomic E-state index is 11.9. The summed E-state index contributed by atoms with van der Waals surface area (Å²) in [6, 6.07) is 0. The van der Waals surface area contributed by atoms with Crippen LogP contribution in [0.4, 0.5) is 0 Å². The highest BCUT2D eigenvalue weighted by atomic mass is 16.5. The first kappa shape index (κ1) is 15.4. The molecular weight excluding hydrogens is 232 g/mol. The van der Waals surface area contributed by atoms with Gasteiger partial charge in [0, 0.05) is 26.2 Å². The van der Waals surface area contributed by atoms with Crippen molar-refractivity contribution in [3.63, 3.8) is 0 Å². The van der Waals surface area contributed by atoms with Crippen molar-refractivity contribution in [2.45, 2.75) is 32.3 Å². The van der Waals surface area contributed by atoms with Crippen molar-refractivity contribution in [3.8, 4) is 0 Å². The van der Waals surface area contributed by atoms with Gasteiger partial charge in [-0.25, -0.2) is 0 Å². The van der Waals surface area contributed by atoms with Crippen LogP contribution in [0.2, 0.25) is 0 Å². The number of amides is 1. The molecule has 1 heterocycles. The molecule has 2 N–H and O–H groups in total. The number of hydrogen-bond acceptors (Lipinski definition) is 4. The van der Waals surface area contributed by atoms with E-state index in [4.69, 9.17) is 9.84 Å². The third-order valence-corrected chi connectivity index (χ3v) is 3.36. The molecule has 18 heavy (non-hydrogen) atoms. The molecule has 0 aromatic rings. The Hall–Kier alpha value is -0.650. The zero-order chi connectivity index (χ0) is 13.4. The van der Waals surface area contributed by atoms with Crippen LogP contribution in [-0.2, 0) is 9.53 Å². The van der Waals surface area contributed by atoms with Crippen LogP contribution in [0.25, 0.3) is 0 Å². The molecule has 2 atom stereocenters. The van der Waals surface area contributed by atoms with E-state index in [9.17, 15) is 4.79 Å². The Morgan fingerprint density at radius 2 is 2.33 bits per heavy atom. The molecule has 0 aromatic heterocycles. The lowest BCUT2D eigenvalue weighted by molar-refractivity contribution is -0.138. The molecule has 0 spiro atoms. The molecule has 5 heteroatoms. The molecule has 1 aliphatic rings. The summed E-state index contributed by atoms with van der Waals surface area (Å²) in [6.07, 6.45) is 2.51. The summed E-state index contributed by atoms with van der Waals surface area (Å²) in [5.41, 5.74) is 0. The molecule has 0 aromatic carbocycles. The lowest BCUT2D eigenvalue weighted by Gasteiger charge is -2.29. The van der Waals surface area contributed by atoms with E-state index in [1.807, 2.05) is 7.05 Å². The second-order valence-electron chi connectivity index (χ2n) is 5.03. The molecule has 0 radical (unpaired) electrons. The largest absolute Gasteiger partial charge is 0.396 e. The maximum Gasteiger partial charge on any atom is 0.250 e. The monoisotopic (exact) mass is 258 g/mol. The van der Waals surface area contributed by atoms with Crippen molar-refractivity contribution >= 4 is 5.91 Å². The smallest absolute Gasteiger partial charge is 0.250 e. The Bertz CT molecular complexity index is 242. The number of ether oxygens (including phenoxy) is 1. The lowest BCUT2D eigenvalue weighted by atomic mass is 10.0. The molecule has 0 aliphatic carbocycles. The first-order valence-electron chi connectivity index (χ1n) is 6.86. The van der Waals surface area contributed by atoms with Gasteiger partial charge in [0.2, 0.25) is 5.91 Å². The summed E-state index contributed by atoms with van der Waals surface area (Å²) in [4.78, 5) is 14.0. The number of nitrogens with one attached hydrogen (secondary N) is 1. The van der Waals surface area contributed by atoms with Gasteiger partial charge in [0.1, 0.15) is 6.10 Å². The number of hydrogen-bond donors (Lipinski definition) is 2. The van der Waals surface area contributed by atoms with E-state index in [1.54, 1.807) is 0 Å². The molecule has 106 valence electrons. The summed E-state index contributed by atoms with van der Waals surface area (Å²) in [7, 11) is 1.99. The predicted molar refractivity (Wildman–Crippen MR) is 70.3 cm³/mol. The number of carbonyl (C=O) groups is 1. The number of nitrogens with zero attached hydrogens (tertiary/aromatic N) is 1. The third-order valence-electron chi connectivity index (χ3n) is 3.36. The first-order chi connectivity index (χ1) is 8.67. The second-order valence-corrected chi connectivity index (χ2v) is 5.03. The van der Waals surface area contributed by atoms with Gasteiger partial charge >= 0.3 is 0 Å². The highest BCUT2D eigenvalue weighted by molar-refractivity contribution is 5.81. The summed E-state index contributed by atoms with van der Waals surface area (Å²) in [5, 5.41) is 11.9. The van der Waals surface area contributed by atoms with Crippen LogP contribution >= 0.6 is 0 Å². The normalized spacial score (nSPS) is 22.7. The Morgan fingerprint density at radius 3 is 2.94 bits per heavy atom. The van der Waals surface area contributed by atoms with E-state index in [0.717, 1.165) is 25.8 Å². The third kappa shape index (κ3) is 5.33. The summed E-state index contributed by atoms with van der Waals surface area (Å²) in [5.74, 6) is 0.339. The number of morpholine rings is 1. The van der Waals surface area contributed by atoms with Crippen LogP contribution in [0.3, 0.4) is 0 Å². The molecule has 1 aliphatic heterocycles. The van der Waals surface area contributed by atoms with Gasteiger partial charge in [-0.15, -0.1) is 0 Å². The molecule has 2 unspecified atom stereocenters. The summed E-state index contributed by atoms with van der Waals surface area (Å²) in [6.45, 7) is 5.09. The zero-order valence-corrected chi connectivity index (χ0v) is 11.5. The van der Waals surface area contributed by atoms with Crippen molar-refractivity contribution in [3.05, 3.63) is 0 Å². The number of aliphatic hydroxyl groups is 1. The van der Waals surface area contributed by atoms with E-state index in [0.29, 0.717) is 25.6 Å². The zero-order valence-electron chi connectivity index (χ0n) is 11.5. The lowest BCUT2D eigenvalue weighted by Crippen LogP contribution is -2.49. The fraction of sp³-hybridized carbons (Fsp3) is 0.923. The minimum atomic E-state index is -0.347. The molecule has 5 nitrogen and oxygen atoms in total. The maximum atomic E-state index is 11.9. The van der Waals surface area contributed by atoms with E-state index >= 15 is 0 Å². The standard InChI is InChI=1S/C13H26N2O3/c1-3-4-11(5-7-16)9-14-13(17)12-10-15(2)6-8-18-12/h11-12,16H,3-10H2,1-2H3,(H,14,17). The van der Waals surface area contributed by atoms with Crippen molar-refractivity contribution in [1.82, 2.24) is 10.2 Å². The van der Waals surface area contributed by atoms with E-state index in [1.165, 1.54) is 0 Å². The van der Waals surface area contributed by atoms with Crippen LogP contribution in [-0.4, -0.2) is 61.9 Å². The molecular formula is C13H26N2O3. The van der Waals surface area contributed by atoms with Gasteiger partial charge in [-0.1, -0.05) is 13.3 Å². The first-order valence-corrected chi connectivity index (χ1v) is 6.86. The van der Waals surface area contributed by atoms with E-state index < -0.39 is 0 Å². The van der Waals surface area contributed by atoms with Gasteiger partial charge in [0.05, 0.1) is 6.61 Å². The molecule has 0 saturated carbocycles. The van der Waals surface area contributed by atoms with E-state index in [-0.39, 0.29) is 18.6 Å². The highest BCUT2D eigenvalue weighted by Crippen LogP contribution is 2.10. The van der Waals surface area contributed by atoms with Crippen molar-refractivity contribution in [1.29, 1.82) is 0 Å². The van der Waals surface area contributed by atoms with Gasteiger partial charge in [-0.3, -0.25) is 4.79 Å². The summed E-state index contributed by atoms with van der Waals surface area (Å²) >= 11 is 0. The van der Waals surface area contributed by atoms with Crippen LogP contribution < -0.4 is 5.32 Å². The van der Waals surface area contributed by atoms with Gasteiger partial charge in [-0.2, -0.15) is 0 Å². The Kier molecular flexibility index (Phi) is 7.23. The average Bonchev–Trinajstić information content (AvgIpc) is 2.36. The van der Waals surface area contributed by atoms with Gasteiger partial charge in [0.15, 0.2) is 0 Å². The van der Waals surface area contributed by atoms with Crippen LogP contribution in [0.15, 0.2) is 0 Å². The number of aliphatic hydroxyl groups excluding tert-OH is 1. The van der Waals surface area contributed by atoms with Gasteiger partial charge < -0.3 is 20.1 Å². The quantitative estimate of drug-likeness (QED) is 0.686. The second kappa shape index (κ2) is 8.45. The Labute approximate surface area is 109 Å². The Balaban J connectivity index is 2.29.